The Bertz CT molecular complexity index is 856. The fourth-order valence-corrected chi connectivity index (χ4v) is 5.43. The number of aromatic nitrogens is 2. The number of aryl methyl sites for hydroxylation is 2. The molecule has 0 bridgehead atoms. The van der Waals surface area contributed by atoms with Crippen molar-refractivity contribution in [3.8, 4) is 0 Å². The SMILES string of the molecule is CCNC(=O)N1CCN(c2nc([C@H](C)CC)nc3sc4c(c23)CCCC4)CC1. The van der Waals surface area contributed by atoms with Crippen molar-refractivity contribution < 1.29 is 4.79 Å². The number of rotatable bonds is 4. The van der Waals surface area contributed by atoms with E-state index in [9.17, 15) is 4.79 Å². The number of carbonyl (C=O) groups is 1. The molecule has 0 saturated carbocycles. The van der Waals surface area contributed by atoms with Crippen LogP contribution in [0.3, 0.4) is 0 Å². The van der Waals surface area contributed by atoms with Gasteiger partial charge >= 0.3 is 6.03 Å². The third-order valence-electron chi connectivity index (χ3n) is 6.06. The molecular formula is C21H31N5OS. The van der Waals surface area contributed by atoms with Gasteiger partial charge in [-0.1, -0.05) is 13.8 Å². The number of urea groups is 1. The Morgan fingerprint density at radius 1 is 1.14 bits per heavy atom. The van der Waals surface area contributed by atoms with Gasteiger partial charge in [-0.15, -0.1) is 11.3 Å². The quantitative estimate of drug-likeness (QED) is 0.843. The van der Waals surface area contributed by atoms with Gasteiger partial charge in [0.15, 0.2) is 0 Å². The molecule has 28 heavy (non-hydrogen) atoms. The molecule has 2 aromatic heterocycles. The van der Waals surface area contributed by atoms with Gasteiger partial charge in [-0.2, -0.15) is 0 Å². The summed E-state index contributed by atoms with van der Waals surface area (Å²) in [5, 5.41) is 4.20. The van der Waals surface area contributed by atoms with Crippen LogP contribution in [0, 0.1) is 0 Å². The summed E-state index contributed by atoms with van der Waals surface area (Å²) in [4.78, 5) is 29.2. The highest BCUT2D eigenvalue weighted by Gasteiger charge is 2.27. The summed E-state index contributed by atoms with van der Waals surface area (Å²) in [6.07, 6.45) is 5.91. The largest absolute Gasteiger partial charge is 0.352 e. The normalized spacial score (nSPS) is 18.2. The molecule has 6 nitrogen and oxygen atoms in total. The van der Waals surface area contributed by atoms with Crippen LogP contribution in [-0.4, -0.2) is 53.6 Å². The van der Waals surface area contributed by atoms with Gasteiger partial charge in [0, 0.05) is 43.5 Å². The molecule has 0 spiro atoms. The van der Waals surface area contributed by atoms with Crippen LogP contribution >= 0.6 is 11.3 Å². The number of carbonyl (C=O) groups excluding carboxylic acids is 1. The Labute approximate surface area is 171 Å². The van der Waals surface area contributed by atoms with Gasteiger partial charge in [-0.3, -0.25) is 0 Å². The second-order valence-electron chi connectivity index (χ2n) is 7.92. The molecule has 1 atom stereocenters. The number of piperazine rings is 1. The van der Waals surface area contributed by atoms with Crippen LogP contribution < -0.4 is 10.2 Å². The van der Waals surface area contributed by atoms with E-state index in [1.54, 1.807) is 0 Å². The van der Waals surface area contributed by atoms with Crippen molar-refractivity contribution in [3.63, 3.8) is 0 Å². The standard InChI is InChI=1S/C21H31N5OS/c1-4-14(3)18-23-19(25-10-12-26(13-11-25)21(27)22-5-2)17-15-8-6-7-9-16(15)28-20(17)24-18/h14H,4-13H2,1-3H3,(H,22,27)/t14-/m1/s1. The van der Waals surface area contributed by atoms with E-state index in [1.807, 2.05) is 23.2 Å². The molecule has 4 rings (SSSR count). The molecule has 3 heterocycles. The fourth-order valence-electron chi connectivity index (χ4n) is 4.17. The van der Waals surface area contributed by atoms with E-state index in [-0.39, 0.29) is 6.03 Å². The predicted octanol–water partition coefficient (Wildman–Crippen LogP) is 3.94. The highest BCUT2D eigenvalue weighted by Crippen LogP contribution is 2.40. The monoisotopic (exact) mass is 401 g/mol. The topological polar surface area (TPSA) is 61.4 Å². The highest BCUT2D eigenvalue weighted by atomic mass is 32.1. The minimum Gasteiger partial charge on any atom is -0.352 e. The molecule has 1 N–H and O–H groups in total. The van der Waals surface area contributed by atoms with Crippen molar-refractivity contribution >= 4 is 33.4 Å². The van der Waals surface area contributed by atoms with Gasteiger partial charge in [0.05, 0.1) is 5.39 Å². The molecule has 1 saturated heterocycles. The fraction of sp³-hybridized carbons (Fsp3) is 0.667. The average molecular weight is 402 g/mol. The van der Waals surface area contributed by atoms with Crippen LogP contribution in [0.5, 0.6) is 0 Å². The van der Waals surface area contributed by atoms with Crippen molar-refractivity contribution in [3.05, 3.63) is 16.3 Å². The van der Waals surface area contributed by atoms with E-state index >= 15 is 0 Å². The summed E-state index contributed by atoms with van der Waals surface area (Å²) < 4.78 is 0. The molecule has 2 aromatic rings. The molecule has 1 fully saturated rings. The lowest BCUT2D eigenvalue weighted by Gasteiger charge is -2.36. The summed E-state index contributed by atoms with van der Waals surface area (Å²) >= 11 is 1.88. The zero-order chi connectivity index (χ0) is 19.7. The Balaban J connectivity index is 1.69. The molecule has 1 aliphatic heterocycles. The van der Waals surface area contributed by atoms with Gasteiger partial charge < -0.3 is 15.1 Å². The molecular weight excluding hydrogens is 370 g/mol. The predicted molar refractivity (Wildman–Crippen MR) is 116 cm³/mol. The lowest BCUT2D eigenvalue weighted by Crippen LogP contribution is -2.52. The minimum atomic E-state index is 0.0446. The number of nitrogens with zero attached hydrogens (tertiary/aromatic N) is 4. The molecule has 152 valence electrons. The molecule has 7 heteroatoms. The summed E-state index contributed by atoms with van der Waals surface area (Å²) in [5.74, 6) is 2.43. The maximum atomic E-state index is 12.2. The number of fused-ring (bicyclic) bond motifs is 3. The molecule has 0 aromatic carbocycles. The van der Waals surface area contributed by atoms with Crippen LogP contribution in [0.2, 0.25) is 0 Å². The molecule has 0 unspecified atom stereocenters. The Kier molecular flexibility index (Phi) is 5.71. The van der Waals surface area contributed by atoms with Crippen molar-refractivity contribution in [2.75, 3.05) is 37.6 Å². The van der Waals surface area contributed by atoms with Crippen LogP contribution in [0.4, 0.5) is 10.6 Å². The maximum Gasteiger partial charge on any atom is 0.317 e. The van der Waals surface area contributed by atoms with Gasteiger partial charge in [-0.25, -0.2) is 14.8 Å². The van der Waals surface area contributed by atoms with Gasteiger partial charge in [0.1, 0.15) is 16.5 Å². The third-order valence-corrected chi connectivity index (χ3v) is 7.25. The minimum absolute atomic E-state index is 0.0446. The first kappa shape index (κ1) is 19.4. The summed E-state index contributed by atoms with van der Waals surface area (Å²) in [6, 6.07) is 0.0446. The number of nitrogens with one attached hydrogen (secondary N) is 1. The van der Waals surface area contributed by atoms with E-state index in [0.29, 0.717) is 12.5 Å². The van der Waals surface area contributed by atoms with Crippen molar-refractivity contribution in [2.24, 2.45) is 0 Å². The summed E-state index contributed by atoms with van der Waals surface area (Å²) in [7, 11) is 0. The van der Waals surface area contributed by atoms with Crippen molar-refractivity contribution in [1.82, 2.24) is 20.2 Å². The van der Waals surface area contributed by atoms with E-state index < -0.39 is 0 Å². The average Bonchev–Trinajstić information content (AvgIpc) is 3.11. The van der Waals surface area contributed by atoms with Crippen molar-refractivity contribution in [1.29, 1.82) is 0 Å². The zero-order valence-corrected chi connectivity index (χ0v) is 18.1. The van der Waals surface area contributed by atoms with Gasteiger partial charge in [-0.05, 0) is 44.6 Å². The van der Waals surface area contributed by atoms with E-state index in [2.05, 4.69) is 24.1 Å². The summed E-state index contributed by atoms with van der Waals surface area (Å²) in [5.41, 5.74) is 1.49. The third kappa shape index (κ3) is 3.56. The van der Waals surface area contributed by atoms with Crippen LogP contribution in [0.25, 0.3) is 10.2 Å². The Morgan fingerprint density at radius 3 is 2.61 bits per heavy atom. The number of hydrogen-bond donors (Lipinski definition) is 1. The summed E-state index contributed by atoms with van der Waals surface area (Å²) in [6.45, 7) is 10.2. The molecule has 2 amide bonds. The maximum absolute atomic E-state index is 12.2. The van der Waals surface area contributed by atoms with E-state index in [1.165, 1.54) is 39.9 Å². The molecule has 0 radical (unpaired) electrons. The second-order valence-corrected chi connectivity index (χ2v) is 9.00. The number of amides is 2. The number of anilines is 1. The lowest BCUT2D eigenvalue weighted by molar-refractivity contribution is 0.195. The Hall–Kier alpha value is -1.89. The zero-order valence-electron chi connectivity index (χ0n) is 17.3. The van der Waals surface area contributed by atoms with Crippen molar-refractivity contribution in [2.45, 2.75) is 58.8 Å². The first-order valence-corrected chi connectivity index (χ1v) is 11.5. The molecule has 1 aliphatic carbocycles. The number of thiophene rings is 1. The lowest BCUT2D eigenvalue weighted by atomic mass is 9.96. The van der Waals surface area contributed by atoms with Gasteiger partial charge in [0.25, 0.3) is 0 Å². The number of hydrogen-bond acceptors (Lipinski definition) is 5. The van der Waals surface area contributed by atoms with E-state index in [4.69, 9.17) is 9.97 Å². The molecule has 2 aliphatic rings. The Morgan fingerprint density at radius 2 is 1.89 bits per heavy atom. The van der Waals surface area contributed by atoms with Crippen LogP contribution in [0.15, 0.2) is 0 Å². The first-order chi connectivity index (χ1) is 13.6. The highest BCUT2D eigenvalue weighted by molar-refractivity contribution is 7.19. The van der Waals surface area contributed by atoms with Crippen LogP contribution in [-0.2, 0) is 12.8 Å². The second kappa shape index (κ2) is 8.23. The van der Waals surface area contributed by atoms with E-state index in [0.717, 1.165) is 50.7 Å². The smallest absolute Gasteiger partial charge is 0.317 e. The first-order valence-electron chi connectivity index (χ1n) is 10.7. The van der Waals surface area contributed by atoms with Crippen LogP contribution in [0.1, 0.15) is 62.2 Å². The van der Waals surface area contributed by atoms with Gasteiger partial charge in [0.2, 0.25) is 0 Å².